The van der Waals surface area contributed by atoms with E-state index >= 15 is 0 Å². The van der Waals surface area contributed by atoms with Crippen LogP contribution >= 0.6 is 11.3 Å². The van der Waals surface area contributed by atoms with Gasteiger partial charge in [-0.2, -0.15) is 13.2 Å². The minimum Gasteiger partial charge on any atom is -0.271 e. The molecule has 0 radical (unpaired) electrons. The zero-order chi connectivity index (χ0) is 15.5. The van der Waals surface area contributed by atoms with Crippen LogP contribution in [0, 0.1) is 11.8 Å². The Morgan fingerprint density at radius 2 is 1.95 bits per heavy atom. The topological polar surface area (TPSA) is 38.0 Å². The molecule has 1 aromatic heterocycles. The molecule has 6 heteroatoms. The highest BCUT2D eigenvalue weighted by Gasteiger charge is 2.47. The zero-order valence-electron chi connectivity index (χ0n) is 12.2. The summed E-state index contributed by atoms with van der Waals surface area (Å²) in [6.07, 6.45) is -0.221. The zero-order valence-corrected chi connectivity index (χ0v) is 13.1. The van der Waals surface area contributed by atoms with Crippen LogP contribution in [0.15, 0.2) is 12.1 Å². The van der Waals surface area contributed by atoms with E-state index in [0.29, 0.717) is 19.3 Å². The Kier molecular flexibility index (Phi) is 5.68. The van der Waals surface area contributed by atoms with Gasteiger partial charge in [0.15, 0.2) is 0 Å². The number of nitrogens with two attached hydrogens (primary N) is 1. The summed E-state index contributed by atoms with van der Waals surface area (Å²) in [6.45, 7) is 2.08. The first kappa shape index (κ1) is 16.8. The molecule has 2 rings (SSSR count). The molecule has 3 unspecified atom stereocenters. The van der Waals surface area contributed by atoms with Crippen molar-refractivity contribution in [2.75, 3.05) is 0 Å². The number of nitrogens with one attached hydrogen (secondary N) is 1. The first-order chi connectivity index (χ1) is 9.95. The van der Waals surface area contributed by atoms with Gasteiger partial charge in [-0.3, -0.25) is 11.3 Å². The van der Waals surface area contributed by atoms with Crippen LogP contribution in [-0.2, 0) is 12.8 Å². The third-order valence-corrected chi connectivity index (χ3v) is 5.71. The van der Waals surface area contributed by atoms with E-state index < -0.39 is 18.0 Å². The normalized spacial score (nSPS) is 25.0. The predicted molar refractivity (Wildman–Crippen MR) is 80.0 cm³/mol. The number of halogens is 3. The molecule has 1 fully saturated rings. The second-order valence-corrected chi connectivity index (χ2v) is 7.05. The van der Waals surface area contributed by atoms with Crippen LogP contribution in [0.3, 0.4) is 0 Å². The summed E-state index contributed by atoms with van der Waals surface area (Å²) in [5, 5.41) is 0. The Balaban J connectivity index is 2.10. The SMILES string of the molecule is CCc1ccc(CC(NN)C2CCCCC2C(F)(F)F)s1. The lowest BCUT2D eigenvalue weighted by Crippen LogP contribution is -2.49. The van der Waals surface area contributed by atoms with Crippen molar-refractivity contribution >= 4 is 11.3 Å². The molecule has 1 heterocycles. The van der Waals surface area contributed by atoms with Gasteiger partial charge in [-0.05, 0) is 43.7 Å². The highest BCUT2D eigenvalue weighted by atomic mass is 32.1. The minimum absolute atomic E-state index is 0.233. The van der Waals surface area contributed by atoms with Gasteiger partial charge in [-0.15, -0.1) is 11.3 Å². The van der Waals surface area contributed by atoms with Crippen molar-refractivity contribution in [2.45, 2.75) is 57.7 Å². The van der Waals surface area contributed by atoms with E-state index in [1.54, 1.807) is 11.3 Å². The van der Waals surface area contributed by atoms with Gasteiger partial charge in [0, 0.05) is 15.8 Å². The number of rotatable bonds is 5. The first-order valence-electron chi connectivity index (χ1n) is 7.56. The average molecular weight is 320 g/mol. The van der Waals surface area contributed by atoms with Gasteiger partial charge in [0.05, 0.1) is 5.92 Å². The number of hydrogen-bond acceptors (Lipinski definition) is 3. The Bertz CT molecular complexity index is 444. The van der Waals surface area contributed by atoms with Crippen LogP contribution in [0.25, 0.3) is 0 Å². The molecule has 0 bridgehead atoms. The molecule has 1 saturated carbocycles. The van der Waals surface area contributed by atoms with Crippen LogP contribution in [0.1, 0.15) is 42.4 Å². The lowest BCUT2D eigenvalue weighted by molar-refractivity contribution is -0.199. The quantitative estimate of drug-likeness (QED) is 0.634. The summed E-state index contributed by atoms with van der Waals surface area (Å²) in [5.41, 5.74) is 2.66. The average Bonchev–Trinajstić information content (AvgIpc) is 2.91. The van der Waals surface area contributed by atoms with Crippen LogP contribution < -0.4 is 11.3 Å². The van der Waals surface area contributed by atoms with Crippen molar-refractivity contribution in [1.29, 1.82) is 0 Å². The standard InChI is InChI=1S/C15H23F3N2S/c1-2-10-7-8-11(21-10)9-14(20-19)12-5-3-4-6-13(12)15(16,17)18/h7-8,12-14,20H,2-6,9,19H2,1H3. The van der Waals surface area contributed by atoms with Gasteiger partial charge in [0.2, 0.25) is 0 Å². The van der Waals surface area contributed by atoms with Crippen LogP contribution in [0.2, 0.25) is 0 Å². The lowest BCUT2D eigenvalue weighted by atomic mass is 9.74. The van der Waals surface area contributed by atoms with Crippen LogP contribution in [0.5, 0.6) is 0 Å². The van der Waals surface area contributed by atoms with Gasteiger partial charge in [-0.25, -0.2) is 0 Å². The van der Waals surface area contributed by atoms with Gasteiger partial charge < -0.3 is 0 Å². The molecule has 2 nitrogen and oxygen atoms in total. The highest BCUT2D eigenvalue weighted by molar-refractivity contribution is 7.11. The smallest absolute Gasteiger partial charge is 0.271 e. The fourth-order valence-electron chi connectivity index (χ4n) is 3.32. The fraction of sp³-hybridized carbons (Fsp3) is 0.733. The number of hydrazine groups is 1. The van der Waals surface area contributed by atoms with E-state index in [1.807, 2.05) is 6.07 Å². The molecule has 0 aliphatic heterocycles. The molecular weight excluding hydrogens is 297 g/mol. The summed E-state index contributed by atoms with van der Waals surface area (Å²) in [4.78, 5) is 2.37. The van der Waals surface area contributed by atoms with Gasteiger partial charge in [-0.1, -0.05) is 19.8 Å². The molecule has 1 aliphatic carbocycles. The Labute approximate surface area is 127 Å². The monoisotopic (exact) mass is 320 g/mol. The number of alkyl halides is 3. The van der Waals surface area contributed by atoms with Gasteiger partial charge in [0.25, 0.3) is 0 Å². The number of aryl methyl sites for hydroxylation is 1. The third-order valence-electron chi connectivity index (χ3n) is 4.46. The maximum Gasteiger partial charge on any atom is 0.392 e. The first-order valence-corrected chi connectivity index (χ1v) is 8.37. The molecule has 0 amide bonds. The second kappa shape index (κ2) is 7.11. The summed E-state index contributed by atoms with van der Waals surface area (Å²) in [5.74, 6) is 3.94. The molecule has 3 N–H and O–H groups in total. The van der Waals surface area contributed by atoms with E-state index in [-0.39, 0.29) is 12.5 Å². The fourth-order valence-corrected chi connectivity index (χ4v) is 4.34. The van der Waals surface area contributed by atoms with E-state index in [2.05, 4.69) is 18.4 Å². The Morgan fingerprint density at radius 3 is 2.52 bits per heavy atom. The van der Waals surface area contributed by atoms with E-state index in [0.717, 1.165) is 17.7 Å². The van der Waals surface area contributed by atoms with Crippen molar-refractivity contribution in [3.8, 4) is 0 Å². The second-order valence-electron chi connectivity index (χ2n) is 5.80. The molecule has 120 valence electrons. The van der Waals surface area contributed by atoms with Crippen molar-refractivity contribution in [1.82, 2.24) is 5.43 Å². The molecule has 1 aliphatic rings. The minimum atomic E-state index is -4.12. The summed E-state index contributed by atoms with van der Waals surface area (Å²) in [7, 11) is 0. The molecule has 0 aromatic carbocycles. The summed E-state index contributed by atoms with van der Waals surface area (Å²) >= 11 is 1.67. The highest BCUT2D eigenvalue weighted by Crippen LogP contribution is 2.43. The summed E-state index contributed by atoms with van der Waals surface area (Å²) < 4.78 is 39.7. The van der Waals surface area contributed by atoms with Crippen molar-refractivity contribution in [2.24, 2.45) is 17.7 Å². The molecule has 0 saturated heterocycles. The van der Waals surface area contributed by atoms with Crippen molar-refractivity contribution < 1.29 is 13.2 Å². The number of hydrogen-bond donors (Lipinski definition) is 2. The molecular formula is C15H23F3N2S. The van der Waals surface area contributed by atoms with Gasteiger partial charge in [0.1, 0.15) is 0 Å². The van der Waals surface area contributed by atoms with E-state index in [9.17, 15) is 13.2 Å². The van der Waals surface area contributed by atoms with Crippen molar-refractivity contribution in [3.05, 3.63) is 21.9 Å². The van der Waals surface area contributed by atoms with E-state index in [1.165, 1.54) is 4.88 Å². The lowest BCUT2D eigenvalue weighted by Gasteiger charge is -2.37. The Morgan fingerprint density at radius 1 is 1.29 bits per heavy atom. The summed E-state index contributed by atoms with van der Waals surface area (Å²) in [6, 6.07) is 3.76. The molecule has 21 heavy (non-hydrogen) atoms. The molecule has 1 aromatic rings. The van der Waals surface area contributed by atoms with Crippen LogP contribution in [-0.4, -0.2) is 12.2 Å². The predicted octanol–water partition coefficient (Wildman–Crippen LogP) is 4.05. The van der Waals surface area contributed by atoms with E-state index in [4.69, 9.17) is 5.84 Å². The van der Waals surface area contributed by atoms with Crippen LogP contribution in [0.4, 0.5) is 13.2 Å². The number of thiophene rings is 1. The molecule has 0 spiro atoms. The maximum absolute atomic E-state index is 13.2. The largest absolute Gasteiger partial charge is 0.392 e. The Hall–Kier alpha value is -0.590. The molecule has 3 atom stereocenters. The van der Waals surface area contributed by atoms with Crippen molar-refractivity contribution in [3.63, 3.8) is 0 Å². The van der Waals surface area contributed by atoms with Gasteiger partial charge >= 0.3 is 6.18 Å². The third kappa shape index (κ3) is 4.20. The maximum atomic E-state index is 13.2.